The first-order chi connectivity index (χ1) is 10.1. The predicted octanol–water partition coefficient (Wildman–Crippen LogP) is 1.81. The number of carbonyl (C=O) groups is 1. The number of likely N-dealkylation sites (N-methyl/N-ethyl adjacent to an activating group) is 1. The lowest BCUT2D eigenvalue weighted by Gasteiger charge is -2.40. The number of hydrogen-bond donors (Lipinski definition) is 0. The standard InChI is InChI=1S/C17H31N3O/c1-3-19-11-5-4-7-15(19)16(21)20-12-9-17(14-20)8-6-10-18(2)13-17/h15H,3-14H2,1-2H3. The Bertz CT molecular complexity index is 386. The van der Waals surface area contributed by atoms with Crippen molar-refractivity contribution in [1.82, 2.24) is 14.7 Å². The molecule has 0 aromatic carbocycles. The van der Waals surface area contributed by atoms with E-state index in [4.69, 9.17) is 0 Å². The molecule has 0 radical (unpaired) electrons. The monoisotopic (exact) mass is 293 g/mol. The number of rotatable bonds is 2. The van der Waals surface area contributed by atoms with Crippen molar-refractivity contribution in [2.24, 2.45) is 5.41 Å². The molecule has 0 aromatic heterocycles. The lowest BCUT2D eigenvalue weighted by Crippen LogP contribution is -2.51. The van der Waals surface area contributed by atoms with Gasteiger partial charge in [-0.2, -0.15) is 0 Å². The average molecular weight is 293 g/mol. The summed E-state index contributed by atoms with van der Waals surface area (Å²) in [6.45, 7) is 8.70. The van der Waals surface area contributed by atoms with Crippen LogP contribution in [0.1, 0.15) is 45.4 Å². The first-order valence-corrected chi connectivity index (χ1v) is 8.85. The normalized spacial score (nSPS) is 35.5. The van der Waals surface area contributed by atoms with Gasteiger partial charge < -0.3 is 9.80 Å². The van der Waals surface area contributed by atoms with E-state index < -0.39 is 0 Å². The van der Waals surface area contributed by atoms with Gasteiger partial charge in [-0.05, 0) is 58.8 Å². The van der Waals surface area contributed by atoms with Gasteiger partial charge in [0.2, 0.25) is 5.91 Å². The number of carbonyl (C=O) groups excluding carboxylic acids is 1. The fourth-order valence-electron chi connectivity index (χ4n) is 4.77. The number of amides is 1. The van der Waals surface area contributed by atoms with Crippen LogP contribution in [0.2, 0.25) is 0 Å². The van der Waals surface area contributed by atoms with Gasteiger partial charge in [-0.15, -0.1) is 0 Å². The average Bonchev–Trinajstić information content (AvgIpc) is 2.89. The van der Waals surface area contributed by atoms with E-state index in [0.717, 1.165) is 32.6 Å². The van der Waals surface area contributed by atoms with Crippen molar-refractivity contribution in [3.63, 3.8) is 0 Å². The van der Waals surface area contributed by atoms with Gasteiger partial charge in [0.05, 0.1) is 6.04 Å². The highest BCUT2D eigenvalue weighted by molar-refractivity contribution is 5.82. The van der Waals surface area contributed by atoms with Crippen LogP contribution < -0.4 is 0 Å². The van der Waals surface area contributed by atoms with Gasteiger partial charge in [0, 0.05) is 25.0 Å². The van der Waals surface area contributed by atoms with Crippen molar-refractivity contribution >= 4 is 5.91 Å². The van der Waals surface area contributed by atoms with Gasteiger partial charge in [0.25, 0.3) is 0 Å². The van der Waals surface area contributed by atoms with E-state index in [0.29, 0.717) is 11.3 Å². The zero-order chi connectivity index (χ0) is 14.9. The minimum Gasteiger partial charge on any atom is -0.341 e. The summed E-state index contributed by atoms with van der Waals surface area (Å²) >= 11 is 0. The van der Waals surface area contributed by atoms with E-state index in [1.54, 1.807) is 0 Å². The molecule has 0 aliphatic carbocycles. The smallest absolute Gasteiger partial charge is 0.239 e. The summed E-state index contributed by atoms with van der Waals surface area (Å²) in [6, 6.07) is 0.167. The summed E-state index contributed by atoms with van der Waals surface area (Å²) in [6.07, 6.45) is 7.35. The first-order valence-electron chi connectivity index (χ1n) is 8.85. The number of hydrogen-bond acceptors (Lipinski definition) is 3. The van der Waals surface area contributed by atoms with Crippen LogP contribution in [0.25, 0.3) is 0 Å². The molecule has 1 spiro atoms. The van der Waals surface area contributed by atoms with E-state index in [1.165, 1.54) is 45.2 Å². The van der Waals surface area contributed by atoms with Crippen molar-refractivity contribution in [1.29, 1.82) is 0 Å². The number of likely N-dealkylation sites (tertiary alicyclic amines) is 3. The van der Waals surface area contributed by atoms with Crippen LogP contribution in [0.5, 0.6) is 0 Å². The van der Waals surface area contributed by atoms with E-state index in [2.05, 4.69) is 28.7 Å². The van der Waals surface area contributed by atoms with Gasteiger partial charge in [-0.3, -0.25) is 9.69 Å². The SMILES string of the molecule is CCN1CCCCC1C(=O)N1CCC2(CCCN(C)C2)C1. The minimum atomic E-state index is 0.167. The zero-order valence-electron chi connectivity index (χ0n) is 13.8. The molecule has 3 saturated heterocycles. The summed E-state index contributed by atoms with van der Waals surface area (Å²) in [4.78, 5) is 20.0. The lowest BCUT2D eigenvalue weighted by molar-refractivity contribution is -0.137. The fourth-order valence-corrected chi connectivity index (χ4v) is 4.77. The maximum Gasteiger partial charge on any atom is 0.239 e. The molecule has 4 heteroatoms. The summed E-state index contributed by atoms with van der Waals surface area (Å²) in [7, 11) is 2.23. The van der Waals surface area contributed by atoms with E-state index >= 15 is 0 Å². The van der Waals surface area contributed by atoms with E-state index in [9.17, 15) is 4.79 Å². The second kappa shape index (κ2) is 6.25. The summed E-state index contributed by atoms with van der Waals surface area (Å²) in [5.74, 6) is 0.418. The maximum absolute atomic E-state index is 12.9. The highest BCUT2D eigenvalue weighted by atomic mass is 16.2. The molecular weight excluding hydrogens is 262 g/mol. The van der Waals surface area contributed by atoms with Crippen LogP contribution in [0.3, 0.4) is 0 Å². The Hall–Kier alpha value is -0.610. The van der Waals surface area contributed by atoms with Crippen LogP contribution in [-0.2, 0) is 4.79 Å². The summed E-state index contributed by atoms with van der Waals surface area (Å²) < 4.78 is 0. The molecule has 0 aromatic rings. The van der Waals surface area contributed by atoms with Crippen LogP contribution in [0.15, 0.2) is 0 Å². The van der Waals surface area contributed by atoms with Crippen LogP contribution in [0, 0.1) is 5.41 Å². The molecule has 2 unspecified atom stereocenters. The third-order valence-electron chi connectivity index (χ3n) is 5.91. The Morgan fingerprint density at radius 3 is 2.71 bits per heavy atom. The fraction of sp³-hybridized carbons (Fsp3) is 0.941. The second-order valence-electron chi connectivity index (χ2n) is 7.49. The number of piperidine rings is 2. The van der Waals surface area contributed by atoms with Crippen molar-refractivity contribution in [2.75, 3.05) is 46.3 Å². The maximum atomic E-state index is 12.9. The topological polar surface area (TPSA) is 26.8 Å². The molecular formula is C17H31N3O. The summed E-state index contributed by atoms with van der Waals surface area (Å²) in [5, 5.41) is 0. The quantitative estimate of drug-likeness (QED) is 0.777. The molecule has 0 bridgehead atoms. The number of nitrogens with zero attached hydrogens (tertiary/aromatic N) is 3. The third kappa shape index (κ3) is 3.11. The Balaban J connectivity index is 1.63. The van der Waals surface area contributed by atoms with E-state index in [-0.39, 0.29) is 6.04 Å². The van der Waals surface area contributed by atoms with Gasteiger partial charge in [0.15, 0.2) is 0 Å². The van der Waals surface area contributed by atoms with Gasteiger partial charge >= 0.3 is 0 Å². The molecule has 21 heavy (non-hydrogen) atoms. The molecule has 3 aliphatic rings. The van der Waals surface area contributed by atoms with E-state index in [1.807, 2.05) is 0 Å². The Morgan fingerprint density at radius 2 is 1.95 bits per heavy atom. The van der Waals surface area contributed by atoms with Crippen molar-refractivity contribution in [3.8, 4) is 0 Å². The third-order valence-corrected chi connectivity index (χ3v) is 5.91. The summed E-state index contributed by atoms with van der Waals surface area (Å²) in [5.41, 5.74) is 0.397. The van der Waals surface area contributed by atoms with Crippen molar-refractivity contribution < 1.29 is 4.79 Å². The lowest BCUT2D eigenvalue weighted by atomic mass is 9.79. The zero-order valence-corrected chi connectivity index (χ0v) is 13.8. The highest BCUT2D eigenvalue weighted by Gasteiger charge is 2.43. The molecule has 3 aliphatic heterocycles. The Labute approximate surface area is 129 Å². The molecule has 3 rings (SSSR count). The van der Waals surface area contributed by atoms with Gasteiger partial charge in [-0.25, -0.2) is 0 Å². The van der Waals surface area contributed by atoms with Crippen molar-refractivity contribution in [3.05, 3.63) is 0 Å². The molecule has 1 amide bonds. The minimum absolute atomic E-state index is 0.167. The molecule has 3 heterocycles. The van der Waals surface area contributed by atoms with Crippen LogP contribution in [0.4, 0.5) is 0 Å². The van der Waals surface area contributed by atoms with Crippen LogP contribution in [-0.4, -0.2) is 73.0 Å². The molecule has 3 fully saturated rings. The molecule has 4 nitrogen and oxygen atoms in total. The molecule has 0 saturated carbocycles. The van der Waals surface area contributed by atoms with Gasteiger partial charge in [0.1, 0.15) is 0 Å². The highest BCUT2D eigenvalue weighted by Crippen LogP contribution is 2.39. The molecule has 120 valence electrons. The predicted molar refractivity (Wildman–Crippen MR) is 85.2 cm³/mol. The van der Waals surface area contributed by atoms with Gasteiger partial charge in [-0.1, -0.05) is 13.3 Å². The van der Waals surface area contributed by atoms with Crippen molar-refractivity contribution in [2.45, 2.75) is 51.5 Å². The molecule has 2 atom stereocenters. The molecule has 0 N–H and O–H groups in total. The largest absolute Gasteiger partial charge is 0.341 e. The second-order valence-corrected chi connectivity index (χ2v) is 7.49. The Kier molecular flexibility index (Phi) is 4.55. The Morgan fingerprint density at radius 1 is 1.10 bits per heavy atom. The van der Waals surface area contributed by atoms with Crippen LogP contribution >= 0.6 is 0 Å². The first kappa shape index (κ1) is 15.3.